The Labute approximate surface area is 113 Å². The third-order valence-electron chi connectivity index (χ3n) is 4.22. The molecule has 1 saturated heterocycles. The molecule has 0 spiro atoms. The van der Waals surface area contributed by atoms with E-state index < -0.39 is 0 Å². The first-order valence-corrected chi connectivity index (χ1v) is 6.89. The second kappa shape index (κ2) is 4.94. The zero-order chi connectivity index (χ0) is 13.4. The molecule has 1 amide bonds. The minimum absolute atomic E-state index is 0.123. The average Bonchev–Trinajstić information content (AvgIpc) is 3.02. The third-order valence-corrected chi connectivity index (χ3v) is 4.22. The molecule has 2 N–H and O–H groups in total. The van der Waals surface area contributed by atoms with Crippen LogP contribution in [-0.4, -0.2) is 29.9 Å². The molecular formula is C15H20N2O2. The molecular weight excluding hydrogens is 240 g/mol. The summed E-state index contributed by atoms with van der Waals surface area (Å²) in [6, 6.07) is 6.19. The van der Waals surface area contributed by atoms with Gasteiger partial charge in [-0.05, 0) is 49.1 Å². The monoisotopic (exact) mass is 260 g/mol. The predicted octanol–water partition coefficient (Wildman–Crippen LogP) is 1.53. The molecule has 2 aliphatic heterocycles. The second-order valence-electron chi connectivity index (χ2n) is 5.62. The molecule has 3 rings (SSSR count). The minimum Gasteiger partial charge on any atom is -0.372 e. The lowest BCUT2D eigenvalue weighted by Crippen LogP contribution is -2.34. The van der Waals surface area contributed by atoms with Gasteiger partial charge in [0.25, 0.3) is 5.91 Å². The Morgan fingerprint density at radius 3 is 2.95 bits per heavy atom. The number of hydrogen-bond acceptors (Lipinski definition) is 3. The largest absolute Gasteiger partial charge is 0.372 e. The van der Waals surface area contributed by atoms with Crippen LogP contribution in [0.15, 0.2) is 18.2 Å². The maximum absolute atomic E-state index is 12.6. The minimum atomic E-state index is 0.123. The van der Waals surface area contributed by atoms with Crippen LogP contribution in [0.2, 0.25) is 0 Å². The van der Waals surface area contributed by atoms with Crippen LogP contribution < -0.4 is 5.73 Å². The molecule has 2 aliphatic rings. The van der Waals surface area contributed by atoms with Gasteiger partial charge in [0.1, 0.15) is 0 Å². The molecule has 0 aromatic heterocycles. The lowest BCUT2D eigenvalue weighted by molar-refractivity contribution is 0.0743. The van der Waals surface area contributed by atoms with Crippen molar-refractivity contribution in [3.63, 3.8) is 0 Å². The summed E-state index contributed by atoms with van der Waals surface area (Å²) in [4.78, 5) is 14.5. The maximum atomic E-state index is 12.6. The van der Waals surface area contributed by atoms with Crippen molar-refractivity contribution in [2.45, 2.75) is 32.6 Å². The third kappa shape index (κ3) is 2.26. The molecule has 1 aromatic carbocycles. The normalized spacial score (nSPS) is 25.7. The topological polar surface area (TPSA) is 55.6 Å². The Bertz CT molecular complexity index is 501. The molecule has 2 unspecified atom stereocenters. The zero-order valence-corrected chi connectivity index (χ0v) is 11.3. The van der Waals surface area contributed by atoms with E-state index in [1.807, 2.05) is 23.1 Å². The highest BCUT2D eigenvalue weighted by molar-refractivity contribution is 5.95. The van der Waals surface area contributed by atoms with E-state index in [4.69, 9.17) is 10.5 Å². The summed E-state index contributed by atoms with van der Waals surface area (Å²) in [6.07, 6.45) is 1.01. The highest BCUT2D eigenvalue weighted by Gasteiger charge is 2.32. The van der Waals surface area contributed by atoms with Crippen LogP contribution in [0.1, 0.15) is 34.8 Å². The SMILES string of the molecule is CC1CC(CN)CN1C(=O)c1ccc2c(c1)COC2. The van der Waals surface area contributed by atoms with Crippen molar-refractivity contribution in [2.24, 2.45) is 11.7 Å². The fraction of sp³-hybridized carbons (Fsp3) is 0.533. The summed E-state index contributed by atoms with van der Waals surface area (Å²) in [6.45, 7) is 4.83. The highest BCUT2D eigenvalue weighted by atomic mass is 16.5. The van der Waals surface area contributed by atoms with E-state index in [0.717, 1.165) is 24.1 Å². The summed E-state index contributed by atoms with van der Waals surface area (Å²) >= 11 is 0. The molecule has 4 nitrogen and oxygen atoms in total. The number of fused-ring (bicyclic) bond motifs is 1. The van der Waals surface area contributed by atoms with E-state index in [0.29, 0.717) is 25.7 Å². The Morgan fingerprint density at radius 2 is 2.21 bits per heavy atom. The van der Waals surface area contributed by atoms with Gasteiger partial charge in [-0.1, -0.05) is 6.07 Å². The summed E-state index contributed by atoms with van der Waals surface area (Å²) in [7, 11) is 0. The number of carbonyl (C=O) groups is 1. The molecule has 4 heteroatoms. The summed E-state index contributed by atoms with van der Waals surface area (Å²) < 4.78 is 5.39. The number of likely N-dealkylation sites (tertiary alicyclic amines) is 1. The van der Waals surface area contributed by atoms with Crippen molar-refractivity contribution in [3.8, 4) is 0 Å². The molecule has 1 aromatic rings. The number of nitrogens with zero attached hydrogens (tertiary/aromatic N) is 1. The van der Waals surface area contributed by atoms with Crippen molar-refractivity contribution in [2.75, 3.05) is 13.1 Å². The lowest BCUT2D eigenvalue weighted by atomic mass is 10.1. The predicted molar refractivity (Wildman–Crippen MR) is 72.6 cm³/mol. The van der Waals surface area contributed by atoms with Crippen LogP contribution in [-0.2, 0) is 18.0 Å². The van der Waals surface area contributed by atoms with Gasteiger partial charge in [-0.25, -0.2) is 0 Å². The Balaban J connectivity index is 1.80. The van der Waals surface area contributed by atoms with Crippen molar-refractivity contribution >= 4 is 5.91 Å². The number of benzene rings is 1. The first-order valence-electron chi connectivity index (χ1n) is 6.89. The van der Waals surface area contributed by atoms with Crippen LogP contribution in [0.3, 0.4) is 0 Å². The summed E-state index contributed by atoms with van der Waals surface area (Å²) in [5.41, 5.74) is 8.83. The van der Waals surface area contributed by atoms with Gasteiger partial charge in [-0.15, -0.1) is 0 Å². The van der Waals surface area contributed by atoms with Crippen LogP contribution in [0.25, 0.3) is 0 Å². The maximum Gasteiger partial charge on any atom is 0.254 e. The standard InChI is InChI=1S/C15H20N2O2/c1-10-4-11(6-16)7-17(10)15(18)12-2-3-13-8-19-9-14(13)5-12/h2-3,5,10-11H,4,6-9,16H2,1H3. The first-order chi connectivity index (χ1) is 9.19. The quantitative estimate of drug-likeness (QED) is 0.877. The highest BCUT2D eigenvalue weighted by Crippen LogP contribution is 2.26. The van der Waals surface area contributed by atoms with Crippen molar-refractivity contribution in [3.05, 3.63) is 34.9 Å². The van der Waals surface area contributed by atoms with Gasteiger partial charge in [0.05, 0.1) is 13.2 Å². The molecule has 0 radical (unpaired) electrons. The molecule has 2 heterocycles. The van der Waals surface area contributed by atoms with Gasteiger partial charge >= 0.3 is 0 Å². The van der Waals surface area contributed by atoms with E-state index in [2.05, 4.69) is 6.92 Å². The van der Waals surface area contributed by atoms with Crippen molar-refractivity contribution in [1.82, 2.24) is 4.90 Å². The number of ether oxygens (including phenoxy) is 1. The molecule has 102 valence electrons. The van der Waals surface area contributed by atoms with E-state index in [9.17, 15) is 4.79 Å². The van der Waals surface area contributed by atoms with E-state index in [1.54, 1.807) is 0 Å². The average molecular weight is 260 g/mol. The van der Waals surface area contributed by atoms with Crippen LogP contribution in [0, 0.1) is 5.92 Å². The molecule has 19 heavy (non-hydrogen) atoms. The second-order valence-corrected chi connectivity index (χ2v) is 5.62. The first kappa shape index (κ1) is 12.6. The van der Waals surface area contributed by atoms with Gasteiger partial charge in [0, 0.05) is 18.2 Å². The number of amides is 1. The zero-order valence-electron chi connectivity index (χ0n) is 11.3. The van der Waals surface area contributed by atoms with E-state index in [-0.39, 0.29) is 11.9 Å². The Morgan fingerprint density at radius 1 is 1.42 bits per heavy atom. The molecule has 0 saturated carbocycles. The van der Waals surface area contributed by atoms with Gasteiger partial charge < -0.3 is 15.4 Å². The number of carbonyl (C=O) groups excluding carboxylic acids is 1. The van der Waals surface area contributed by atoms with Crippen LogP contribution in [0.5, 0.6) is 0 Å². The molecule has 2 atom stereocenters. The molecule has 1 fully saturated rings. The van der Waals surface area contributed by atoms with Gasteiger partial charge in [0.2, 0.25) is 0 Å². The summed E-state index contributed by atoms with van der Waals surface area (Å²) in [5, 5.41) is 0. The summed E-state index contributed by atoms with van der Waals surface area (Å²) in [5.74, 6) is 0.565. The lowest BCUT2D eigenvalue weighted by Gasteiger charge is -2.21. The van der Waals surface area contributed by atoms with Gasteiger partial charge in [-0.3, -0.25) is 4.79 Å². The van der Waals surface area contributed by atoms with Crippen molar-refractivity contribution in [1.29, 1.82) is 0 Å². The molecule has 0 aliphatic carbocycles. The van der Waals surface area contributed by atoms with Gasteiger partial charge in [0.15, 0.2) is 0 Å². The van der Waals surface area contributed by atoms with Crippen LogP contribution in [0.4, 0.5) is 0 Å². The van der Waals surface area contributed by atoms with E-state index in [1.165, 1.54) is 5.56 Å². The fourth-order valence-corrected chi connectivity index (χ4v) is 3.07. The fourth-order valence-electron chi connectivity index (χ4n) is 3.07. The van der Waals surface area contributed by atoms with E-state index >= 15 is 0 Å². The number of rotatable bonds is 2. The smallest absolute Gasteiger partial charge is 0.254 e. The van der Waals surface area contributed by atoms with Gasteiger partial charge in [-0.2, -0.15) is 0 Å². The Hall–Kier alpha value is -1.39. The number of nitrogens with two attached hydrogens (primary N) is 1. The van der Waals surface area contributed by atoms with Crippen LogP contribution >= 0.6 is 0 Å². The van der Waals surface area contributed by atoms with Crippen molar-refractivity contribution < 1.29 is 9.53 Å². The number of hydrogen-bond donors (Lipinski definition) is 1. The molecule has 0 bridgehead atoms. The Kier molecular flexibility index (Phi) is 3.29.